The molecule has 0 fully saturated rings. The lowest BCUT2D eigenvalue weighted by atomic mass is 10.1. The molecule has 5 rings (SSSR count). The van der Waals surface area contributed by atoms with Gasteiger partial charge in [0.15, 0.2) is 5.16 Å². The molecule has 6 nitrogen and oxygen atoms in total. The van der Waals surface area contributed by atoms with Crippen molar-refractivity contribution in [3.05, 3.63) is 73.5 Å². The number of nitrogens with zero attached hydrogens (tertiary/aromatic N) is 2. The van der Waals surface area contributed by atoms with Crippen LogP contribution in [0.15, 0.2) is 66.3 Å². The van der Waals surface area contributed by atoms with Crippen molar-refractivity contribution in [2.45, 2.75) is 10.9 Å². The Kier molecular flexibility index (Phi) is 5.17. The highest BCUT2D eigenvalue weighted by Crippen LogP contribution is 2.35. The van der Waals surface area contributed by atoms with E-state index in [1.165, 1.54) is 29.2 Å². The van der Waals surface area contributed by atoms with Crippen LogP contribution in [0.2, 0.25) is 0 Å². The minimum Gasteiger partial charge on any atom is -0.497 e. The standard InChI is InChI=1S/C22H16N2O4S3/c1-24-21(26)19-15(17-4-3-7-29-17)11-30-20(19)23-22(24)31-10-12-8-18(25)28-16-9-13(27-2)5-6-14(12)16/h3-9,11H,10H2,1-2H3. The minimum atomic E-state index is -0.424. The number of hydrogen-bond donors (Lipinski definition) is 0. The van der Waals surface area contributed by atoms with Gasteiger partial charge in [-0.1, -0.05) is 17.8 Å². The van der Waals surface area contributed by atoms with Crippen molar-refractivity contribution in [2.75, 3.05) is 7.11 Å². The van der Waals surface area contributed by atoms with E-state index in [2.05, 4.69) is 0 Å². The van der Waals surface area contributed by atoms with Crippen molar-refractivity contribution >= 4 is 55.6 Å². The van der Waals surface area contributed by atoms with Crippen LogP contribution in [0.5, 0.6) is 5.75 Å². The fraction of sp³-hybridized carbons (Fsp3) is 0.136. The first-order valence-electron chi connectivity index (χ1n) is 9.31. The Morgan fingerprint density at radius 3 is 2.84 bits per heavy atom. The summed E-state index contributed by atoms with van der Waals surface area (Å²) >= 11 is 4.49. The normalized spacial score (nSPS) is 11.4. The van der Waals surface area contributed by atoms with Gasteiger partial charge in [0.25, 0.3) is 5.56 Å². The third kappa shape index (κ3) is 3.58. The van der Waals surface area contributed by atoms with Crippen LogP contribution in [0.1, 0.15) is 5.56 Å². The van der Waals surface area contributed by atoms with Crippen LogP contribution in [-0.4, -0.2) is 16.7 Å². The van der Waals surface area contributed by atoms with E-state index in [4.69, 9.17) is 14.1 Å². The monoisotopic (exact) mass is 468 g/mol. The lowest BCUT2D eigenvalue weighted by Crippen LogP contribution is -2.19. The Hall–Kier alpha value is -2.88. The van der Waals surface area contributed by atoms with Crippen molar-refractivity contribution in [1.82, 2.24) is 9.55 Å². The summed E-state index contributed by atoms with van der Waals surface area (Å²) in [6.07, 6.45) is 0. The number of thioether (sulfide) groups is 1. The molecule has 0 atom stereocenters. The molecule has 4 heterocycles. The van der Waals surface area contributed by atoms with Gasteiger partial charge in [0.1, 0.15) is 16.2 Å². The smallest absolute Gasteiger partial charge is 0.336 e. The molecule has 0 saturated heterocycles. The molecule has 0 radical (unpaired) electrons. The van der Waals surface area contributed by atoms with Crippen LogP contribution in [0.4, 0.5) is 0 Å². The van der Waals surface area contributed by atoms with Crippen molar-refractivity contribution in [1.29, 1.82) is 0 Å². The molecule has 0 bridgehead atoms. The van der Waals surface area contributed by atoms with Gasteiger partial charge in [0.05, 0.1) is 12.5 Å². The minimum absolute atomic E-state index is 0.0701. The maximum Gasteiger partial charge on any atom is 0.336 e. The van der Waals surface area contributed by atoms with Crippen LogP contribution in [-0.2, 0) is 12.8 Å². The predicted molar refractivity (Wildman–Crippen MR) is 127 cm³/mol. The van der Waals surface area contributed by atoms with E-state index in [1.807, 2.05) is 35.0 Å². The average molecular weight is 469 g/mol. The number of aromatic nitrogens is 2. The number of benzene rings is 1. The topological polar surface area (TPSA) is 74.3 Å². The second-order valence-corrected chi connectivity index (χ2v) is 9.56. The van der Waals surface area contributed by atoms with Gasteiger partial charge in [0.2, 0.25) is 0 Å². The molecule has 5 aromatic rings. The largest absolute Gasteiger partial charge is 0.497 e. The number of fused-ring (bicyclic) bond motifs is 2. The molecule has 31 heavy (non-hydrogen) atoms. The van der Waals surface area contributed by atoms with E-state index >= 15 is 0 Å². The van der Waals surface area contributed by atoms with Crippen molar-refractivity contribution < 1.29 is 9.15 Å². The number of ether oxygens (including phenoxy) is 1. The second-order valence-electron chi connectivity index (χ2n) is 6.81. The van der Waals surface area contributed by atoms with Gasteiger partial charge in [-0.05, 0) is 29.1 Å². The van der Waals surface area contributed by atoms with E-state index < -0.39 is 5.63 Å². The average Bonchev–Trinajstić information content (AvgIpc) is 3.44. The summed E-state index contributed by atoms with van der Waals surface area (Å²) in [5, 5.41) is 6.07. The fourth-order valence-electron chi connectivity index (χ4n) is 3.39. The van der Waals surface area contributed by atoms with Gasteiger partial charge < -0.3 is 9.15 Å². The number of thiophene rings is 2. The summed E-state index contributed by atoms with van der Waals surface area (Å²) in [6.45, 7) is 0. The maximum atomic E-state index is 13.1. The Morgan fingerprint density at radius 1 is 1.19 bits per heavy atom. The van der Waals surface area contributed by atoms with Gasteiger partial charge in [-0.25, -0.2) is 9.78 Å². The lowest BCUT2D eigenvalue weighted by Gasteiger charge is -2.09. The van der Waals surface area contributed by atoms with Gasteiger partial charge in [0, 0.05) is 46.1 Å². The highest BCUT2D eigenvalue weighted by Gasteiger charge is 2.17. The molecule has 9 heteroatoms. The summed E-state index contributed by atoms with van der Waals surface area (Å²) in [5.74, 6) is 1.10. The molecule has 0 spiro atoms. The zero-order valence-electron chi connectivity index (χ0n) is 16.6. The molecule has 0 aliphatic heterocycles. The molecule has 0 amide bonds. The number of rotatable bonds is 5. The number of methoxy groups -OCH3 is 1. The van der Waals surface area contributed by atoms with Crippen LogP contribution < -0.4 is 15.9 Å². The summed E-state index contributed by atoms with van der Waals surface area (Å²) in [7, 11) is 3.30. The lowest BCUT2D eigenvalue weighted by molar-refractivity contribution is 0.414. The number of hydrogen-bond acceptors (Lipinski definition) is 8. The van der Waals surface area contributed by atoms with Crippen molar-refractivity contribution in [3.8, 4) is 16.2 Å². The molecule has 0 unspecified atom stereocenters. The molecular weight excluding hydrogens is 452 g/mol. The molecule has 4 aromatic heterocycles. The first-order chi connectivity index (χ1) is 15.0. The van der Waals surface area contributed by atoms with Gasteiger partial charge >= 0.3 is 5.63 Å². The second kappa shape index (κ2) is 7.99. The zero-order chi connectivity index (χ0) is 21.5. The SMILES string of the molecule is COc1ccc2c(CSc3nc4scc(-c5cccs5)c4c(=O)n3C)cc(=O)oc2c1. The van der Waals surface area contributed by atoms with Gasteiger partial charge in [-0.15, -0.1) is 22.7 Å². The third-order valence-electron chi connectivity index (χ3n) is 4.95. The van der Waals surface area contributed by atoms with Crippen LogP contribution in [0.25, 0.3) is 31.6 Å². The molecule has 0 aliphatic rings. The van der Waals surface area contributed by atoms with Crippen LogP contribution in [0.3, 0.4) is 0 Å². The van der Waals surface area contributed by atoms with E-state index in [0.717, 1.165) is 26.2 Å². The summed E-state index contributed by atoms with van der Waals surface area (Å²) in [5.41, 5.74) is 1.73. The van der Waals surface area contributed by atoms with Gasteiger partial charge in [-0.3, -0.25) is 9.36 Å². The van der Waals surface area contributed by atoms with Crippen molar-refractivity contribution in [2.24, 2.45) is 7.05 Å². The Labute approximate surface area is 188 Å². The summed E-state index contributed by atoms with van der Waals surface area (Å²) < 4.78 is 12.1. The highest BCUT2D eigenvalue weighted by atomic mass is 32.2. The first kappa shape index (κ1) is 20.0. The fourth-order valence-corrected chi connectivity index (χ4v) is 6.16. The molecule has 156 valence electrons. The van der Waals surface area contributed by atoms with Crippen LogP contribution in [0, 0.1) is 0 Å². The molecule has 0 N–H and O–H groups in total. The Bertz CT molecular complexity index is 1530. The molecule has 1 aromatic carbocycles. The zero-order valence-corrected chi connectivity index (χ0v) is 19.0. The maximum absolute atomic E-state index is 13.1. The van der Waals surface area contributed by atoms with E-state index in [1.54, 1.807) is 36.1 Å². The molecular formula is C22H16N2O4S3. The molecule has 0 aliphatic carbocycles. The van der Waals surface area contributed by atoms with E-state index in [-0.39, 0.29) is 5.56 Å². The van der Waals surface area contributed by atoms with E-state index in [9.17, 15) is 9.59 Å². The molecule has 0 saturated carbocycles. The van der Waals surface area contributed by atoms with Gasteiger partial charge in [-0.2, -0.15) is 0 Å². The summed E-state index contributed by atoms with van der Waals surface area (Å²) in [4.78, 5) is 31.7. The highest BCUT2D eigenvalue weighted by molar-refractivity contribution is 7.98. The van der Waals surface area contributed by atoms with E-state index in [0.29, 0.717) is 27.6 Å². The predicted octanol–water partition coefficient (Wildman–Crippen LogP) is 5.13. The Morgan fingerprint density at radius 2 is 2.06 bits per heavy atom. The first-order valence-corrected chi connectivity index (χ1v) is 12.1. The third-order valence-corrected chi connectivity index (χ3v) is 7.81. The van der Waals surface area contributed by atoms with Crippen LogP contribution >= 0.6 is 34.4 Å². The van der Waals surface area contributed by atoms with Crippen molar-refractivity contribution in [3.63, 3.8) is 0 Å². The Balaban J connectivity index is 1.53. The quantitative estimate of drug-likeness (QED) is 0.202. The summed E-state index contributed by atoms with van der Waals surface area (Å²) in [6, 6.07) is 10.9.